The summed E-state index contributed by atoms with van der Waals surface area (Å²) in [5.41, 5.74) is 4.75. The van der Waals surface area contributed by atoms with Crippen LogP contribution < -0.4 is 14.8 Å². The summed E-state index contributed by atoms with van der Waals surface area (Å²) in [7, 11) is 0. The van der Waals surface area contributed by atoms with Crippen molar-refractivity contribution in [3.05, 3.63) is 109 Å². The van der Waals surface area contributed by atoms with Gasteiger partial charge in [0.05, 0.1) is 21.8 Å². The van der Waals surface area contributed by atoms with Gasteiger partial charge in [0.25, 0.3) is 5.56 Å². The third kappa shape index (κ3) is 5.51. The SMILES string of the molecule is Cc1cc(-c2nn(-c3ccccc3)cc2C=c2sc3nc(-c4ccc(Cl)cc4Cl)nn3c2=O)ccc1OCC(C)C. The molecule has 3 heterocycles. The van der Waals surface area contributed by atoms with Crippen molar-refractivity contribution in [3.63, 3.8) is 0 Å². The van der Waals surface area contributed by atoms with Crippen molar-refractivity contribution in [3.8, 4) is 34.1 Å². The van der Waals surface area contributed by atoms with E-state index in [2.05, 4.69) is 30.0 Å². The fourth-order valence-corrected chi connectivity index (χ4v) is 5.80. The molecule has 3 aromatic heterocycles. The molecule has 0 amide bonds. The Bertz CT molecular complexity index is 2000. The normalized spacial score (nSPS) is 12.1. The van der Waals surface area contributed by atoms with Crippen LogP contribution in [0.3, 0.4) is 0 Å². The van der Waals surface area contributed by atoms with Gasteiger partial charge in [0.1, 0.15) is 11.4 Å². The van der Waals surface area contributed by atoms with E-state index in [9.17, 15) is 4.79 Å². The summed E-state index contributed by atoms with van der Waals surface area (Å²) >= 11 is 13.6. The minimum absolute atomic E-state index is 0.263. The van der Waals surface area contributed by atoms with Crippen molar-refractivity contribution < 1.29 is 4.74 Å². The molecule has 7 nitrogen and oxygen atoms in total. The van der Waals surface area contributed by atoms with E-state index in [1.165, 1.54) is 15.9 Å². The van der Waals surface area contributed by atoms with E-state index in [4.69, 9.17) is 33.0 Å². The predicted molar refractivity (Wildman–Crippen MR) is 165 cm³/mol. The quantitative estimate of drug-likeness (QED) is 0.200. The van der Waals surface area contributed by atoms with Gasteiger partial charge in [-0.1, -0.05) is 66.6 Å². The Labute approximate surface area is 250 Å². The molecule has 0 aliphatic rings. The van der Waals surface area contributed by atoms with Crippen LogP contribution in [-0.4, -0.2) is 31.0 Å². The molecule has 0 aliphatic heterocycles. The molecule has 41 heavy (non-hydrogen) atoms. The van der Waals surface area contributed by atoms with Gasteiger partial charge in [0, 0.05) is 27.9 Å². The highest BCUT2D eigenvalue weighted by atomic mass is 35.5. The maximum atomic E-state index is 13.4. The van der Waals surface area contributed by atoms with E-state index in [0.717, 1.165) is 33.8 Å². The average molecular weight is 603 g/mol. The molecule has 0 bridgehead atoms. The molecular formula is C31H25Cl2N5O2S. The molecule has 0 spiro atoms. The zero-order valence-electron chi connectivity index (χ0n) is 22.5. The molecule has 0 aliphatic carbocycles. The Morgan fingerprint density at radius 2 is 1.83 bits per heavy atom. The van der Waals surface area contributed by atoms with Crippen LogP contribution in [0.1, 0.15) is 25.0 Å². The van der Waals surface area contributed by atoms with Gasteiger partial charge in [-0.25, -0.2) is 4.68 Å². The van der Waals surface area contributed by atoms with Gasteiger partial charge in [-0.05, 0) is 73.0 Å². The van der Waals surface area contributed by atoms with Crippen LogP contribution in [0.25, 0.3) is 39.4 Å². The van der Waals surface area contributed by atoms with Crippen LogP contribution in [0.2, 0.25) is 10.0 Å². The Balaban J connectivity index is 1.44. The summed E-state index contributed by atoms with van der Waals surface area (Å²) in [4.78, 5) is 18.5. The van der Waals surface area contributed by atoms with Crippen molar-refractivity contribution in [2.45, 2.75) is 20.8 Å². The number of hydrogen-bond acceptors (Lipinski definition) is 6. The summed E-state index contributed by atoms with van der Waals surface area (Å²) in [5, 5.41) is 10.3. The Kier molecular flexibility index (Phi) is 7.38. The van der Waals surface area contributed by atoms with E-state index in [1.54, 1.807) is 18.2 Å². The molecule has 206 valence electrons. The second-order valence-electron chi connectivity index (χ2n) is 10.1. The maximum Gasteiger partial charge on any atom is 0.291 e. The third-order valence-electron chi connectivity index (χ3n) is 6.42. The van der Waals surface area contributed by atoms with E-state index < -0.39 is 0 Å². The second kappa shape index (κ2) is 11.1. The molecule has 6 rings (SSSR count). The van der Waals surface area contributed by atoms with Crippen molar-refractivity contribution in [2.75, 3.05) is 6.61 Å². The molecule has 0 atom stereocenters. The van der Waals surface area contributed by atoms with Gasteiger partial charge in [0.15, 0.2) is 5.82 Å². The Morgan fingerprint density at radius 1 is 1.02 bits per heavy atom. The predicted octanol–water partition coefficient (Wildman–Crippen LogP) is 6.87. The van der Waals surface area contributed by atoms with Gasteiger partial charge in [-0.2, -0.15) is 14.6 Å². The topological polar surface area (TPSA) is 74.3 Å². The number of nitrogens with zero attached hydrogens (tertiary/aromatic N) is 5. The van der Waals surface area contributed by atoms with Gasteiger partial charge in [0.2, 0.25) is 4.96 Å². The maximum absolute atomic E-state index is 13.4. The molecule has 0 radical (unpaired) electrons. The zero-order valence-corrected chi connectivity index (χ0v) is 24.8. The lowest BCUT2D eigenvalue weighted by atomic mass is 10.0. The molecule has 0 unspecified atom stereocenters. The number of para-hydroxylation sites is 1. The van der Waals surface area contributed by atoms with Gasteiger partial charge >= 0.3 is 0 Å². The lowest BCUT2D eigenvalue weighted by molar-refractivity contribution is 0.269. The molecule has 0 N–H and O–H groups in total. The third-order valence-corrected chi connectivity index (χ3v) is 7.93. The molecule has 6 aromatic rings. The smallest absolute Gasteiger partial charge is 0.291 e. The first-order valence-electron chi connectivity index (χ1n) is 13.0. The molecule has 0 saturated heterocycles. The van der Waals surface area contributed by atoms with Crippen molar-refractivity contribution in [1.29, 1.82) is 0 Å². The summed E-state index contributed by atoms with van der Waals surface area (Å²) in [6.45, 7) is 6.92. The molecule has 3 aromatic carbocycles. The molecule has 10 heteroatoms. The number of aromatic nitrogens is 5. The minimum atomic E-state index is -0.263. The minimum Gasteiger partial charge on any atom is -0.493 e. The number of halogens is 2. The second-order valence-corrected chi connectivity index (χ2v) is 11.9. The highest BCUT2D eigenvalue weighted by Gasteiger charge is 2.17. The van der Waals surface area contributed by atoms with Crippen LogP contribution in [0.4, 0.5) is 0 Å². The van der Waals surface area contributed by atoms with Gasteiger partial charge in [-0.3, -0.25) is 4.79 Å². The Morgan fingerprint density at radius 3 is 2.54 bits per heavy atom. The van der Waals surface area contributed by atoms with Crippen LogP contribution in [0, 0.1) is 12.8 Å². The van der Waals surface area contributed by atoms with Crippen LogP contribution in [-0.2, 0) is 0 Å². The number of fused-ring (bicyclic) bond motifs is 1. The largest absolute Gasteiger partial charge is 0.493 e. The Hall–Kier alpha value is -3.98. The average Bonchev–Trinajstić information content (AvgIpc) is 3.63. The monoisotopic (exact) mass is 601 g/mol. The summed E-state index contributed by atoms with van der Waals surface area (Å²) < 4.78 is 9.61. The van der Waals surface area contributed by atoms with E-state index in [-0.39, 0.29) is 5.56 Å². The molecular weight excluding hydrogens is 577 g/mol. The number of hydrogen-bond donors (Lipinski definition) is 0. The summed E-state index contributed by atoms with van der Waals surface area (Å²) in [6, 6.07) is 21.0. The lowest BCUT2D eigenvalue weighted by Crippen LogP contribution is -2.23. The highest BCUT2D eigenvalue weighted by molar-refractivity contribution is 7.15. The van der Waals surface area contributed by atoms with Crippen LogP contribution >= 0.6 is 34.5 Å². The van der Waals surface area contributed by atoms with Crippen molar-refractivity contribution in [1.82, 2.24) is 24.4 Å². The standard InChI is InChI=1S/C31H25Cl2N5O2S/c1-18(2)17-40-26-12-9-20(13-19(26)3)28-21(16-37(35-28)23-7-5-4-6-8-23)14-27-30(39)38-31(41-27)34-29(36-38)24-11-10-22(32)15-25(24)33/h4-16,18H,17H2,1-3H3. The number of rotatable bonds is 7. The van der Waals surface area contributed by atoms with Crippen LogP contribution in [0.15, 0.2) is 77.7 Å². The number of benzene rings is 3. The number of ether oxygens (including phenoxy) is 1. The van der Waals surface area contributed by atoms with E-state index >= 15 is 0 Å². The van der Waals surface area contributed by atoms with Crippen molar-refractivity contribution >= 4 is 45.6 Å². The first kappa shape index (κ1) is 27.2. The molecule has 0 fully saturated rings. The number of aryl methyl sites for hydroxylation is 1. The summed E-state index contributed by atoms with van der Waals surface area (Å²) in [6.07, 6.45) is 3.77. The fraction of sp³-hybridized carbons (Fsp3) is 0.161. The highest BCUT2D eigenvalue weighted by Crippen LogP contribution is 2.30. The van der Waals surface area contributed by atoms with Crippen LogP contribution in [0.5, 0.6) is 5.75 Å². The zero-order chi connectivity index (χ0) is 28.7. The van der Waals surface area contributed by atoms with Crippen molar-refractivity contribution in [2.24, 2.45) is 5.92 Å². The summed E-state index contributed by atoms with van der Waals surface area (Å²) in [5.74, 6) is 1.65. The van der Waals surface area contributed by atoms with E-state index in [1.807, 2.05) is 66.3 Å². The molecule has 0 saturated carbocycles. The fourth-order valence-electron chi connectivity index (χ4n) is 4.41. The first-order valence-corrected chi connectivity index (χ1v) is 14.6. The first-order chi connectivity index (χ1) is 19.8. The lowest BCUT2D eigenvalue weighted by Gasteiger charge is -2.12. The van der Waals surface area contributed by atoms with Gasteiger partial charge in [-0.15, -0.1) is 5.10 Å². The number of thiazole rings is 1. The van der Waals surface area contributed by atoms with E-state index in [0.29, 0.717) is 43.5 Å². The van der Waals surface area contributed by atoms with Gasteiger partial charge < -0.3 is 4.74 Å².